The lowest BCUT2D eigenvalue weighted by atomic mass is 10.1. The van der Waals surface area contributed by atoms with Crippen LogP contribution < -0.4 is 5.32 Å². The first-order valence-electron chi connectivity index (χ1n) is 6.05. The molecule has 2 fully saturated rings. The van der Waals surface area contributed by atoms with Gasteiger partial charge in [-0.15, -0.1) is 0 Å². The molecule has 2 atom stereocenters. The van der Waals surface area contributed by atoms with E-state index in [1.807, 2.05) is 0 Å². The molecule has 2 N–H and O–H groups in total. The van der Waals surface area contributed by atoms with Gasteiger partial charge in [0.05, 0.1) is 12.1 Å². The van der Waals surface area contributed by atoms with Crippen molar-refractivity contribution in [3.63, 3.8) is 0 Å². The van der Waals surface area contributed by atoms with Crippen molar-refractivity contribution in [3.05, 3.63) is 0 Å². The summed E-state index contributed by atoms with van der Waals surface area (Å²) in [5, 5.41) is 11.8. The molecule has 0 radical (unpaired) electrons. The van der Waals surface area contributed by atoms with E-state index >= 15 is 0 Å². The molecule has 5 nitrogen and oxygen atoms in total. The predicted molar refractivity (Wildman–Crippen MR) is 59.0 cm³/mol. The average Bonchev–Trinajstić information content (AvgIpc) is 2.76. The summed E-state index contributed by atoms with van der Waals surface area (Å²) in [6, 6.07) is -0.178. The zero-order valence-electron chi connectivity index (χ0n) is 9.52. The number of piperazine rings is 1. The zero-order chi connectivity index (χ0) is 11.4. The Morgan fingerprint density at radius 1 is 1.56 bits per heavy atom. The second-order valence-corrected chi connectivity index (χ2v) is 4.45. The molecular formula is C11H20N2O3. The summed E-state index contributed by atoms with van der Waals surface area (Å²) in [5.41, 5.74) is 0. The van der Waals surface area contributed by atoms with Gasteiger partial charge in [0.25, 0.3) is 0 Å². The molecule has 0 aromatic heterocycles. The van der Waals surface area contributed by atoms with E-state index in [1.165, 1.54) is 0 Å². The summed E-state index contributed by atoms with van der Waals surface area (Å²) >= 11 is 0. The number of hydrogen-bond acceptors (Lipinski definition) is 4. The summed E-state index contributed by atoms with van der Waals surface area (Å²) in [7, 11) is 0. The molecule has 0 spiro atoms. The van der Waals surface area contributed by atoms with E-state index in [0.29, 0.717) is 13.0 Å². The summed E-state index contributed by atoms with van der Waals surface area (Å²) in [5.74, 6) is 0.0401. The maximum Gasteiger partial charge on any atom is 0.237 e. The zero-order valence-corrected chi connectivity index (χ0v) is 9.52. The van der Waals surface area contributed by atoms with Crippen LogP contribution in [-0.2, 0) is 9.53 Å². The topological polar surface area (TPSA) is 61.8 Å². The number of nitrogens with zero attached hydrogens (tertiary/aromatic N) is 1. The van der Waals surface area contributed by atoms with Crippen LogP contribution in [0.2, 0.25) is 0 Å². The van der Waals surface area contributed by atoms with E-state index in [2.05, 4.69) is 10.2 Å². The maximum absolute atomic E-state index is 11.7. The largest absolute Gasteiger partial charge is 0.396 e. The van der Waals surface area contributed by atoms with Crippen LogP contribution in [0.5, 0.6) is 0 Å². The van der Waals surface area contributed by atoms with Crippen molar-refractivity contribution >= 4 is 5.91 Å². The molecule has 0 bridgehead atoms. The fourth-order valence-corrected chi connectivity index (χ4v) is 2.47. The van der Waals surface area contributed by atoms with Crippen LogP contribution in [0.3, 0.4) is 0 Å². The molecule has 2 aliphatic heterocycles. The minimum absolute atomic E-state index is 0.0401. The summed E-state index contributed by atoms with van der Waals surface area (Å²) < 4.78 is 5.58. The van der Waals surface area contributed by atoms with Crippen molar-refractivity contribution in [1.29, 1.82) is 0 Å². The van der Waals surface area contributed by atoms with Gasteiger partial charge in [-0.2, -0.15) is 0 Å². The Labute approximate surface area is 95.8 Å². The van der Waals surface area contributed by atoms with Gasteiger partial charge in [-0.3, -0.25) is 9.69 Å². The quantitative estimate of drug-likeness (QED) is 0.671. The second-order valence-electron chi connectivity index (χ2n) is 4.45. The Balaban J connectivity index is 1.90. The molecule has 2 rings (SSSR count). The Hall–Kier alpha value is -0.650. The second kappa shape index (κ2) is 5.61. The molecule has 2 heterocycles. The summed E-state index contributed by atoms with van der Waals surface area (Å²) in [6.07, 6.45) is 2.99. The number of carbonyl (C=O) groups excluding carboxylic acids is 1. The highest BCUT2D eigenvalue weighted by Gasteiger charge is 2.31. The van der Waals surface area contributed by atoms with E-state index < -0.39 is 0 Å². The summed E-state index contributed by atoms with van der Waals surface area (Å²) in [4.78, 5) is 13.8. The molecule has 1 amide bonds. The molecule has 5 heteroatoms. The number of aliphatic hydroxyl groups is 1. The van der Waals surface area contributed by atoms with Gasteiger partial charge in [0.1, 0.15) is 0 Å². The Morgan fingerprint density at radius 2 is 2.44 bits per heavy atom. The Bertz CT molecular complexity index is 241. The van der Waals surface area contributed by atoms with Crippen molar-refractivity contribution in [2.75, 3.05) is 32.8 Å². The molecular weight excluding hydrogens is 208 g/mol. The first-order valence-corrected chi connectivity index (χ1v) is 6.05. The van der Waals surface area contributed by atoms with Crippen LogP contribution in [-0.4, -0.2) is 60.9 Å². The Kier molecular flexibility index (Phi) is 4.15. The van der Waals surface area contributed by atoms with Crippen molar-refractivity contribution in [1.82, 2.24) is 10.2 Å². The monoisotopic (exact) mass is 228 g/mol. The van der Waals surface area contributed by atoms with Gasteiger partial charge >= 0.3 is 0 Å². The highest BCUT2D eigenvalue weighted by atomic mass is 16.5. The standard InChI is InChI=1S/C11H20N2O3/c14-6-3-10-11(15)12-4-5-13(10)8-9-2-1-7-16-9/h9-10,14H,1-8H2,(H,12,15). The molecule has 92 valence electrons. The average molecular weight is 228 g/mol. The molecule has 0 saturated carbocycles. The molecule has 0 aromatic carbocycles. The van der Waals surface area contributed by atoms with Crippen LogP contribution in [0.25, 0.3) is 0 Å². The number of amides is 1. The minimum Gasteiger partial charge on any atom is -0.396 e. The summed E-state index contributed by atoms with van der Waals surface area (Å²) in [6.45, 7) is 3.28. The van der Waals surface area contributed by atoms with E-state index in [1.54, 1.807) is 0 Å². The van der Waals surface area contributed by atoms with Crippen LogP contribution in [0.15, 0.2) is 0 Å². The van der Waals surface area contributed by atoms with Gasteiger partial charge in [0.15, 0.2) is 0 Å². The molecule has 2 aliphatic rings. The smallest absolute Gasteiger partial charge is 0.237 e. The van der Waals surface area contributed by atoms with Gasteiger partial charge in [0, 0.05) is 32.8 Å². The first kappa shape index (κ1) is 11.8. The van der Waals surface area contributed by atoms with Crippen LogP contribution in [0.1, 0.15) is 19.3 Å². The highest BCUT2D eigenvalue weighted by Crippen LogP contribution is 2.16. The molecule has 0 aromatic rings. The lowest BCUT2D eigenvalue weighted by Crippen LogP contribution is -2.57. The molecule has 0 aliphatic carbocycles. The van der Waals surface area contributed by atoms with Crippen LogP contribution >= 0.6 is 0 Å². The van der Waals surface area contributed by atoms with Crippen molar-refractivity contribution in [2.45, 2.75) is 31.4 Å². The van der Waals surface area contributed by atoms with E-state index in [9.17, 15) is 4.79 Å². The number of ether oxygens (including phenoxy) is 1. The van der Waals surface area contributed by atoms with E-state index in [-0.39, 0.29) is 24.7 Å². The van der Waals surface area contributed by atoms with Gasteiger partial charge in [-0.05, 0) is 19.3 Å². The number of hydrogen-bond donors (Lipinski definition) is 2. The number of aliphatic hydroxyl groups excluding tert-OH is 1. The van der Waals surface area contributed by atoms with Gasteiger partial charge in [-0.1, -0.05) is 0 Å². The lowest BCUT2D eigenvalue weighted by Gasteiger charge is -2.36. The number of rotatable bonds is 4. The van der Waals surface area contributed by atoms with Crippen LogP contribution in [0.4, 0.5) is 0 Å². The van der Waals surface area contributed by atoms with E-state index in [0.717, 1.165) is 32.5 Å². The maximum atomic E-state index is 11.7. The number of carbonyl (C=O) groups is 1. The Morgan fingerprint density at radius 3 is 3.12 bits per heavy atom. The lowest BCUT2D eigenvalue weighted by molar-refractivity contribution is -0.130. The normalized spacial score (nSPS) is 31.7. The minimum atomic E-state index is -0.178. The molecule has 2 unspecified atom stereocenters. The SMILES string of the molecule is O=C1NCCN(CC2CCCO2)C1CCO. The fraction of sp³-hybridized carbons (Fsp3) is 0.909. The van der Waals surface area contributed by atoms with Crippen molar-refractivity contribution < 1.29 is 14.6 Å². The third-order valence-electron chi connectivity index (χ3n) is 3.31. The predicted octanol–water partition coefficient (Wildman–Crippen LogP) is -0.652. The van der Waals surface area contributed by atoms with Gasteiger partial charge in [0.2, 0.25) is 5.91 Å². The van der Waals surface area contributed by atoms with Gasteiger partial charge < -0.3 is 15.2 Å². The molecule has 2 saturated heterocycles. The molecule has 16 heavy (non-hydrogen) atoms. The van der Waals surface area contributed by atoms with E-state index in [4.69, 9.17) is 9.84 Å². The third-order valence-corrected chi connectivity index (χ3v) is 3.31. The van der Waals surface area contributed by atoms with Crippen molar-refractivity contribution in [2.24, 2.45) is 0 Å². The fourth-order valence-electron chi connectivity index (χ4n) is 2.47. The third kappa shape index (κ3) is 2.72. The first-order chi connectivity index (χ1) is 7.81. The van der Waals surface area contributed by atoms with Gasteiger partial charge in [-0.25, -0.2) is 0 Å². The highest BCUT2D eigenvalue weighted by molar-refractivity contribution is 5.82. The van der Waals surface area contributed by atoms with Crippen molar-refractivity contribution in [3.8, 4) is 0 Å². The van der Waals surface area contributed by atoms with Crippen LogP contribution in [0, 0.1) is 0 Å². The number of nitrogens with one attached hydrogen (secondary N) is 1.